The molecule has 0 radical (unpaired) electrons. The summed E-state index contributed by atoms with van der Waals surface area (Å²) in [6, 6.07) is 2.49. The number of carboxylic acids is 1. The van der Waals surface area contributed by atoms with E-state index in [2.05, 4.69) is 4.98 Å². The van der Waals surface area contributed by atoms with Crippen molar-refractivity contribution in [3.8, 4) is 5.88 Å². The summed E-state index contributed by atoms with van der Waals surface area (Å²) in [7, 11) is 1.34. The maximum absolute atomic E-state index is 11.8. The minimum atomic E-state index is -1.24. The molecule has 0 atom stereocenters. The number of hydrogen-bond acceptors (Lipinski definition) is 5. The first-order valence-electron chi connectivity index (χ1n) is 5.25. The predicted octanol–water partition coefficient (Wildman–Crippen LogP) is 1.74. The van der Waals surface area contributed by atoms with Gasteiger partial charge in [-0.3, -0.25) is 0 Å². The van der Waals surface area contributed by atoms with E-state index in [-0.39, 0.29) is 17.1 Å². The maximum atomic E-state index is 11.8. The molecule has 98 valence electrons. The summed E-state index contributed by atoms with van der Waals surface area (Å²) in [5.74, 6) is -1.81. The number of rotatable bonds is 3. The summed E-state index contributed by atoms with van der Waals surface area (Å²) in [5.41, 5.74) is -0.832. The summed E-state index contributed by atoms with van der Waals surface area (Å²) in [5, 5.41) is 8.87. The molecule has 6 nitrogen and oxygen atoms in total. The van der Waals surface area contributed by atoms with Crippen LogP contribution in [0.25, 0.3) is 0 Å². The summed E-state index contributed by atoms with van der Waals surface area (Å²) < 4.78 is 9.99. The first-order valence-corrected chi connectivity index (χ1v) is 5.25. The summed E-state index contributed by atoms with van der Waals surface area (Å²) >= 11 is 0. The van der Waals surface area contributed by atoms with Gasteiger partial charge in [0.15, 0.2) is 5.69 Å². The van der Waals surface area contributed by atoms with Gasteiger partial charge in [-0.1, -0.05) is 0 Å². The van der Waals surface area contributed by atoms with E-state index in [1.165, 1.54) is 13.2 Å². The van der Waals surface area contributed by atoms with Crippen LogP contribution in [0.5, 0.6) is 5.88 Å². The molecule has 0 bridgehead atoms. The molecule has 1 rings (SSSR count). The Morgan fingerprint density at radius 3 is 2.33 bits per heavy atom. The summed E-state index contributed by atoms with van der Waals surface area (Å²) in [6.45, 7) is 5.17. The highest BCUT2D eigenvalue weighted by Gasteiger charge is 2.20. The Bertz CT molecular complexity index is 476. The minimum absolute atomic E-state index is 0.0516. The highest BCUT2D eigenvalue weighted by Crippen LogP contribution is 2.17. The Hall–Kier alpha value is -2.11. The Morgan fingerprint density at radius 2 is 1.89 bits per heavy atom. The number of esters is 1. The fourth-order valence-electron chi connectivity index (χ4n) is 1.17. The van der Waals surface area contributed by atoms with Gasteiger partial charge < -0.3 is 14.6 Å². The van der Waals surface area contributed by atoms with E-state index in [9.17, 15) is 9.59 Å². The van der Waals surface area contributed by atoms with Crippen molar-refractivity contribution in [3.05, 3.63) is 23.4 Å². The fraction of sp³-hybridized carbons (Fsp3) is 0.417. The van der Waals surface area contributed by atoms with Crippen molar-refractivity contribution < 1.29 is 24.2 Å². The van der Waals surface area contributed by atoms with Crippen LogP contribution in [0, 0.1) is 0 Å². The highest BCUT2D eigenvalue weighted by molar-refractivity contribution is 5.94. The summed E-state index contributed by atoms with van der Waals surface area (Å²) in [4.78, 5) is 26.4. The fourth-order valence-corrected chi connectivity index (χ4v) is 1.17. The quantitative estimate of drug-likeness (QED) is 0.826. The van der Waals surface area contributed by atoms with Gasteiger partial charge in [0.05, 0.1) is 12.7 Å². The smallest absolute Gasteiger partial charge is 0.354 e. The van der Waals surface area contributed by atoms with Crippen molar-refractivity contribution in [1.82, 2.24) is 4.98 Å². The van der Waals surface area contributed by atoms with Crippen molar-refractivity contribution in [2.45, 2.75) is 26.4 Å². The number of nitrogens with zero attached hydrogens (tertiary/aromatic N) is 1. The number of hydrogen-bond donors (Lipinski definition) is 1. The van der Waals surface area contributed by atoms with Crippen LogP contribution in [0.3, 0.4) is 0 Å². The van der Waals surface area contributed by atoms with Crippen LogP contribution in [0.1, 0.15) is 41.6 Å². The van der Waals surface area contributed by atoms with Gasteiger partial charge in [0.1, 0.15) is 5.60 Å². The van der Waals surface area contributed by atoms with Gasteiger partial charge >= 0.3 is 11.9 Å². The van der Waals surface area contributed by atoms with Crippen LogP contribution in [0.15, 0.2) is 12.1 Å². The lowest BCUT2D eigenvalue weighted by molar-refractivity contribution is 0.00689. The largest absolute Gasteiger partial charge is 0.481 e. The molecule has 1 N–H and O–H groups in total. The third-order valence-corrected chi connectivity index (χ3v) is 1.86. The molecule has 6 heteroatoms. The lowest BCUT2D eigenvalue weighted by Crippen LogP contribution is -2.24. The van der Waals surface area contributed by atoms with Gasteiger partial charge in [0.2, 0.25) is 5.88 Å². The number of carbonyl (C=O) groups excluding carboxylic acids is 1. The van der Waals surface area contributed by atoms with E-state index in [4.69, 9.17) is 14.6 Å². The summed E-state index contributed by atoms with van der Waals surface area (Å²) in [6.07, 6.45) is 0. The van der Waals surface area contributed by atoms with Crippen LogP contribution in [-0.2, 0) is 4.74 Å². The average Bonchev–Trinajstić information content (AvgIpc) is 2.26. The zero-order valence-electron chi connectivity index (χ0n) is 10.7. The Balaban J connectivity index is 3.12. The highest BCUT2D eigenvalue weighted by atomic mass is 16.6. The van der Waals surface area contributed by atoms with Crippen molar-refractivity contribution in [3.63, 3.8) is 0 Å². The second-order valence-electron chi connectivity index (χ2n) is 4.59. The number of aromatic nitrogens is 1. The van der Waals surface area contributed by atoms with E-state index in [1.807, 2.05) is 0 Å². The monoisotopic (exact) mass is 253 g/mol. The lowest BCUT2D eigenvalue weighted by Gasteiger charge is -2.19. The minimum Gasteiger partial charge on any atom is -0.481 e. The Labute approximate surface area is 105 Å². The van der Waals surface area contributed by atoms with E-state index in [0.717, 1.165) is 6.07 Å². The lowest BCUT2D eigenvalue weighted by atomic mass is 10.1. The predicted molar refractivity (Wildman–Crippen MR) is 62.9 cm³/mol. The van der Waals surface area contributed by atoms with Crippen LogP contribution in [-0.4, -0.2) is 34.7 Å². The molecule has 1 aromatic rings. The van der Waals surface area contributed by atoms with Gasteiger partial charge in [-0.15, -0.1) is 0 Å². The van der Waals surface area contributed by atoms with Crippen molar-refractivity contribution in [2.75, 3.05) is 7.11 Å². The number of carboxylic acid groups (broad SMARTS) is 1. The second-order valence-corrected chi connectivity index (χ2v) is 4.59. The van der Waals surface area contributed by atoms with Gasteiger partial charge in [0, 0.05) is 6.07 Å². The number of methoxy groups -OCH3 is 1. The molecule has 0 fully saturated rings. The normalized spacial score (nSPS) is 10.9. The molecule has 0 amide bonds. The molecule has 0 unspecified atom stereocenters. The molecular weight excluding hydrogens is 238 g/mol. The van der Waals surface area contributed by atoms with Crippen LogP contribution < -0.4 is 4.74 Å². The van der Waals surface area contributed by atoms with Crippen molar-refractivity contribution >= 4 is 11.9 Å². The number of aromatic carboxylic acids is 1. The second kappa shape index (κ2) is 5.03. The van der Waals surface area contributed by atoms with E-state index in [1.54, 1.807) is 20.8 Å². The SMILES string of the molecule is COc1cc(C(=O)OC(C)(C)C)cc(C(=O)O)n1. The molecule has 0 aliphatic heterocycles. The van der Waals surface area contributed by atoms with Gasteiger partial charge in [-0.2, -0.15) is 0 Å². The molecule has 18 heavy (non-hydrogen) atoms. The zero-order chi connectivity index (χ0) is 13.9. The molecule has 0 aromatic carbocycles. The molecule has 0 aliphatic rings. The number of ether oxygens (including phenoxy) is 2. The van der Waals surface area contributed by atoms with Crippen molar-refractivity contribution in [2.24, 2.45) is 0 Å². The average molecular weight is 253 g/mol. The Morgan fingerprint density at radius 1 is 1.28 bits per heavy atom. The molecule has 0 spiro atoms. The molecule has 1 aromatic heterocycles. The van der Waals surface area contributed by atoms with Crippen molar-refractivity contribution in [1.29, 1.82) is 0 Å². The molecule has 0 saturated heterocycles. The molecule has 0 saturated carbocycles. The van der Waals surface area contributed by atoms with Gasteiger partial charge in [0.25, 0.3) is 0 Å². The van der Waals surface area contributed by atoms with Gasteiger partial charge in [-0.25, -0.2) is 14.6 Å². The van der Waals surface area contributed by atoms with Crippen LogP contribution >= 0.6 is 0 Å². The number of carbonyl (C=O) groups is 2. The zero-order valence-corrected chi connectivity index (χ0v) is 10.7. The van der Waals surface area contributed by atoms with Gasteiger partial charge in [-0.05, 0) is 26.8 Å². The van der Waals surface area contributed by atoms with E-state index < -0.39 is 17.5 Å². The molecule has 0 aliphatic carbocycles. The first-order chi connectivity index (χ1) is 8.23. The third kappa shape index (κ3) is 3.73. The van der Waals surface area contributed by atoms with Crippen LogP contribution in [0.4, 0.5) is 0 Å². The molecule has 1 heterocycles. The molecular formula is C12H15NO5. The number of pyridine rings is 1. The topological polar surface area (TPSA) is 85.7 Å². The Kier molecular flexibility index (Phi) is 3.90. The standard InChI is InChI=1S/C12H15NO5/c1-12(2,3)18-11(16)7-5-8(10(14)15)13-9(6-7)17-4/h5-6H,1-4H3,(H,14,15). The van der Waals surface area contributed by atoms with E-state index in [0.29, 0.717) is 0 Å². The maximum Gasteiger partial charge on any atom is 0.354 e. The van der Waals surface area contributed by atoms with E-state index >= 15 is 0 Å². The third-order valence-electron chi connectivity index (χ3n) is 1.86. The van der Waals surface area contributed by atoms with Crippen LogP contribution in [0.2, 0.25) is 0 Å². The first kappa shape index (κ1) is 14.0.